The van der Waals surface area contributed by atoms with Crippen LogP contribution in [0.5, 0.6) is 5.75 Å². The number of hydrogen-bond donors (Lipinski definition) is 1. The number of nitrogens with zero attached hydrogens (tertiary/aromatic N) is 2. The molecule has 1 N–H and O–H groups in total. The van der Waals surface area contributed by atoms with Gasteiger partial charge in [0.2, 0.25) is 5.76 Å². The van der Waals surface area contributed by atoms with Crippen LogP contribution in [0.4, 0.5) is 0 Å². The Labute approximate surface area is 154 Å². The van der Waals surface area contributed by atoms with E-state index in [1.165, 1.54) is 5.56 Å². The monoisotopic (exact) mass is 357 g/mol. The van der Waals surface area contributed by atoms with Crippen molar-refractivity contribution < 1.29 is 14.1 Å². The fourth-order valence-corrected chi connectivity index (χ4v) is 3.43. The van der Waals surface area contributed by atoms with Gasteiger partial charge in [-0.2, -0.15) is 0 Å². The van der Waals surface area contributed by atoms with Crippen LogP contribution in [0, 0.1) is 0 Å². The van der Waals surface area contributed by atoms with Crippen molar-refractivity contribution in [3.05, 3.63) is 47.3 Å². The summed E-state index contributed by atoms with van der Waals surface area (Å²) in [5.41, 5.74) is 2.06. The number of amides is 1. The van der Waals surface area contributed by atoms with Crippen LogP contribution in [0.25, 0.3) is 0 Å². The van der Waals surface area contributed by atoms with E-state index in [1.54, 1.807) is 13.2 Å². The first-order valence-electron chi connectivity index (χ1n) is 9.30. The minimum atomic E-state index is -0.188. The van der Waals surface area contributed by atoms with Gasteiger partial charge in [-0.25, -0.2) is 0 Å². The number of piperidine rings is 1. The van der Waals surface area contributed by atoms with E-state index in [2.05, 4.69) is 21.4 Å². The fourth-order valence-electron chi connectivity index (χ4n) is 3.43. The van der Waals surface area contributed by atoms with E-state index in [0.29, 0.717) is 12.3 Å². The highest BCUT2D eigenvalue weighted by molar-refractivity contribution is 5.91. The highest BCUT2D eigenvalue weighted by Crippen LogP contribution is 2.29. The summed E-state index contributed by atoms with van der Waals surface area (Å²) in [7, 11) is 1.71. The standard InChI is InChI=1S/C20H27N3O3/c1-3-10-21-20(24)19-12-17(22-26-19)15-8-6-11-23(13-15)14-16-7-4-5-9-18(16)25-2/h4-5,7,9,12,15H,3,6,8,10-11,13-14H2,1-2H3,(H,21,24). The first-order chi connectivity index (χ1) is 12.7. The number of likely N-dealkylation sites (tertiary alicyclic amines) is 1. The number of ether oxygens (including phenoxy) is 1. The van der Waals surface area contributed by atoms with E-state index in [9.17, 15) is 4.79 Å². The molecule has 1 unspecified atom stereocenters. The second-order valence-electron chi connectivity index (χ2n) is 6.76. The number of rotatable bonds is 7. The number of carbonyl (C=O) groups excluding carboxylic acids is 1. The molecule has 1 atom stereocenters. The van der Waals surface area contributed by atoms with Crippen LogP contribution in [-0.2, 0) is 6.54 Å². The van der Waals surface area contributed by atoms with Gasteiger partial charge in [-0.15, -0.1) is 0 Å². The lowest BCUT2D eigenvalue weighted by Crippen LogP contribution is -2.34. The minimum Gasteiger partial charge on any atom is -0.496 e. The van der Waals surface area contributed by atoms with Crippen molar-refractivity contribution in [2.24, 2.45) is 0 Å². The quantitative estimate of drug-likeness (QED) is 0.824. The number of para-hydroxylation sites is 1. The molecule has 140 valence electrons. The summed E-state index contributed by atoms with van der Waals surface area (Å²) in [5, 5.41) is 6.98. The third-order valence-corrected chi connectivity index (χ3v) is 4.80. The molecule has 1 aliphatic heterocycles. The summed E-state index contributed by atoms with van der Waals surface area (Å²) in [6, 6.07) is 9.92. The smallest absolute Gasteiger partial charge is 0.289 e. The lowest BCUT2D eigenvalue weighted by atomic mass is 9.94. The molecule has 1 aliphatic rings. The zero-order chi connectivity index (χ0) is 18.4. The van der Waals surface area contributed by atoms with Crippen LogP contribution in [0.2, 0.25) is 0 Å². The lowest BCUT2D eigenvalue weighted by molar-refractivity contribution is 0.0916. The maximum Gasteiger partial charge on any atom is 0.289 e. The number of carbonyl (C=O) groups is 1. The maximum atomic E-state index is 12.0. The van der Waals surface area contributed by atoms with Crippen molar-refractivity contribution in [1.82, 2.24) is 15.4 Å². The number of methoxy groups -OCH3 is 1. The molecule has 1 aromatic carbocycles. The number of hydrogen-bond acceptors (Lipinski definition) is 5. The van der Waals surface area contributed by atoms with Gasteiger partial charge in [-0.1, -0.05) is 30.3 Å². The molecule has 2 aromatic rings. The molecule has 1 amide bonds. The molecule has 0 radical (unpaired) electrons. The molecule has 6 nitrogen and oxygen atoms in total. The zero-order valence-electron chi connectivity index (χ0n) is 15.5. The molecule has 2 heterocycles. The summed E-state index contributed by atoms with van der Waals surface area (Å²) in [6.07, 6.45) is 3.06. The number of benzene rings is 1. The Kier molecular flexibility index (Phi) is 6.28. The second kappa shape index (κ2) is 8.85. The van der Waals surface area contributed by atoms with Crippen LogP contribution in [0.15, 0.2) is 34.9 Å². The molecule has 26 heavy (non-hydrogen) atoms. The molecule has 0 saturated carbocycles. The highest BCUT2D eigenvalue weighted by Gasteiger charge is 2.25. The SMILES string of the molecule is CCCNC(=O)c1cc(C2CCCN(Cc3ccccc3OC)C2)no1. The third kappa shape index (κ3) is 4.43. The average molecular weight is 357 g/mol. The van der Waals surface area contributed by atoms with Gasteiger partial charge in [0.25, 0.3) is 5.91 Å². The van der Waals surface area contributed by atoms with E-state index in [-0.39, 0.29) is 11.8 Å². The Bertz CT molecular complexity index is 729. The van der Waals surface area contributed by atoms with E-state index in [1.807, 2.05) is 25.1 Å². The number of nitrogens with one attached hydrogen (secondary N) is 1. The number of aromatic nitrogens is 1. The molecule has 0 bridgehead atoms. The first-order valence-corrected chi connectivity index (χ1v) is 9.30. The van der Waals surface area contributed by atoms with Gasteiger partial charge in [0.05, 0.1) is 12.8 Å². The molecule has 1 fully saturated rings. The molecule has 0 spiro atoms. The molecule has 0 aliphatic carbocycles. The molecule has 1 saturated heterocycles. The third-order valence-electron chi connectivity index (χ3n) is 4.80. The Morgan fingerprint density at radius 3 is 3.08 bits per heavy atom. The van der Waals surface area contributed by atoms with Crippen molar-refractivity contribution in [2.75, 3.05) is 26.7 Å². The highest BCUT2D eigenvalue weighted by atomic mass is 16.5. The lowest BCUT2D eigenvalue weighted by Gasteiger charge is -2.32. The maximum absolute atomic E-state index is 12.0. The molecular weight excluding hydrogens is 330 g/mol. The average Bonchev–Trinajstić information content (AvgIpc) is 3.17. The summed E-state index contributed by atoms with van der Waals surface area (Å²) in [5.74, 6) is 1.32. The molecular formula is C20H27N3O3. The topological polar surface area (TPSA) is 67.6 Å². The Morgan fingerprint density at radius 1 is 1.42 bits per heavy atom. The van der Waals surface area contributed by atoms with Gasteiger partial charge in [-0.05, 0) is 31.9 Å². The van der Waals surface area contributed by atoms with Gasteiger partial charge >= 0.3 is 0 Å². The summed E-state index contributed by atoms with van der Waals surface area (Å²) in [6.45, 7) is 5.47. The Hall–Kier alpha value is -2.34. The van der Waals surface area contributed by atoms with Crippen molar-refractivity contribution >= 4 is 5.91 Å². The second-order valence-corrected chi connectivity index (χ2v) is 6.76. The predicted molar refractivity (Wildman–Crippen MR) is 99.4 cm³/mol. The van der Waals surface area contributed by atoms with Gasteiger partial charge in [0.15, 0.2) is 0 Å². The van der Waals surface area contributed by atoms with Crippen LogP contribution in [-0.4, -0.2) is 42.7 Å². The Morgan fingerprint density at radius 2 is 2.27 bits per heavy atom. The normalized spacial score (nSPS) is 17.8. The fraction of sp³-hybridized carbons (Fsp3) is 0.500. The molecule has 1 aromatic heterocycles. The van der Waals surface area contributed by atoms with E-state index < -0.39 is 0 Å². The summed E-state index contributed by atoms with van der Waals surface area (Å²) in [4.78, 5) is 14.4. The van der Waals surface area contributed by atoms with Gasteiger partial charge < -0.3 is 14.6 Å². The van der Waals surface area contributed by atoms with Crippen molar-refractivity contribution in [1.29, 1.82) is 0 Å². The van der Waals surface area contributed by atoms with Crippen molar-refractivity contribution in [2.45, 2.75) is 38.6 Å². The largest absolute Gasteiger partial charge is 0.496 e. The van der Waals surface area contributed by atoms with Crippen LogP contribution >= 0.6 is 0 Å². The minimum absolute atomic E-state index is 0.188. The Balaban J connectivity index is 1.63. The van der Waals surface area contributed by atoms with Gasteiger partial charge in [-0.3, -0.25) is 9.69 Å². The molecule has 6 heteroatoms. The first kappa shape index (κ1) is 18.5. The van der Waals surface area contributed by atoms with E-state index >= 15 is 0 Å². The van der Waals surface area contributed by atoms with Gasteiger partial charge in [0.1, 0.15) is 5.75 Å². The summed E-state index contributed by atoms with van der Waals surface area (Å²) >= 11 is 0. The summed E-state index contributed by atoms with van der Waals surface area (Å²) < 4.78 is 10.7. The van der Waals surface area contributed by atoms with E-state index in [4.69, 9.17) is 9.26 Å². The van der Waals surface area contributed by atoms with Crippen LogP contribution in [0.1, 0.15) is 53.9 Å². The van der Waals surface area contributed by atoms with Crippen LogP contribution in [0.3, 0.4) is 0 Å². The van der Waals surface area contributed by atoms with Gasteiger partial charge in [0, 0.05) is 37.2 Å². The van der Waals surface area contributed by atoms with Crippen LogP contribution < -0.4 is 10.1 Å². The predicted octanol–water partition coefficient (Wildman–Crippen LogP) is 3.20. The molecule has 3 rings (SSSR count). The van der Waals surface area contributed by atoms with Crippen molar-refractivity contribution in [3.63, 3.8) is 0 Å². The van der Waals surface area contributed by atoms with Crippen molar-refractivity contribution in [3.8, 4) is 5.75 Å². The van der Waals surface area contributed by atoms with E-state index in [0.717, 1.165) is 50.3 Å². The zero-order valence-corrected chi connectivity index (χ0v) is 15.5.